The first-order chi connectivity index (χ1) is 6.70. The van der Waals surface area contributed by atoms with Gasteiger partial charge in [0.1, 0.15) is 0 Å². The Balaban J connectivity index is 1.99. The van der Waals surface area contributed by atoms with Crippen LogP contribution in [0.2, 0.25) is 0 Å². The maximum Gasteiger partial charge on any atom is 0.219 e. The van der Waals surface area contributed by atoms with Crippen LogP contribution < -0.4 is 0 Å². The summed E-state index contributed by atoms with van der Waals surface area (Å²) >= 11 is 0. The summed E-state index contributed by atoms with van der Waals surface area (Å²) in [5, 5.41) is 3.76. The van der Waals surface area contributed by atoms with Gasteiger partial charge in [-0.2, -0.15) is 0 Å². The van der Waals surface area contributed by atoms with Gasteiger partial charge in [0.25, 0.3) is 0 Å². The van der Waals surface area contributed by atoms with Gasteiger partial charge in [-0.15, -0.1) is 0 Å². The Morgan fingerprint density at radius 3 is 2.93 bits per heavy atom. The zero-order valence-electron chi connectivity index (χ0n) is 7.77. The molecular weight excluding hydrogens is 184 g/mol. The fraction of sp³-hybridized carbons (Fsp3) is 0.444. The average molecular weight is 194 g/mol. The second kappa shape index (κ2) is 3.25. The number of amides is 1. The molecule has 1 aromatic heterocycles. The zero-order valence-corrected chi connectivity index (χ0v) is 7.77. The molecular formula is C9H10N2O3. The Hall–Kier alpha value is -1.65. The number of carbonyl (C=O) groups is 2. The van der Waals surface area contributed by atoms with Crippen LogP contribution in [0.5, 0.6) is 0 Å². The van der Waals surface area contributed by atoms with Crippen LogP contribution in [0.25, 0.3) is 0 Å². The van der Waals surface area contributed by atoms with Gasteiger partial charge >= 0.3 is 0 Å². The fourth-order valence-electron chi connectivity index (χ4n) is 1.47. The van der Waals surface area contributed by atoms with Crippen molar-refractivity contribution in [2.75, 3.05) is 13.1 Å². The third kappa shape index (κ3) is 1.41. The number of hydrogen-bond donors (Lipinski definition) is 0. The molecule has 0 spiro atoms. The van der Waals surface area contributed by atoms with Gasteiger partial charge in [0, 0.05) is 32.0 Å². The monoisotopic (exact) mass is 194 g/mol. The van der Waals surface area contributed by atoms with E-state index in [0.717, 1.165) is 5.69 Å². The Bertz CT molecular complexity index is 366. The lowest BCUT2D eigenvalue weighted by molar-refractivity contribution is -0.133. The van der Waals surface area contributed by atoms with E-state index in [1.807, 2.05) is 0 Å². The van der Waals surface area contributed by atoms with Crippen molar-refractivity contribution in [1.29, 1.82) is 0 Å². The normalized spacial score (nSPS) is 16.5. The molecule has 0 radical (unpaired) electrons. The van der Waals surface area contributed by atoms with E-state index in [4.69, 9.17) is 4.52 Å². The highest BCUT2D eigenvalue weighted by atomic mass is 16.5. The smallest absolute Gasteiger partial charge is 0.219 e. The fourth-order valence-corrected chi connectivity index (χ4v) is 1.47. The first kappa shape index (κ1) is 8.93. The number of aldehydes is 1. The van der Waals surface area contributed by atoms with Gasteiger partial charge in [-0.3, -0.25) is 9.59 Å². The Morgan fingerprint density at radius 1 is 1.71 bits per heavy atom. The van der Waals surface area contributed by atoms with Crippen molar-refractivity contribution >= 4 is 12.2 Å². The third-order valence-corrected chi connectivity index (χ3v) is 2.41. The van der Waals surface area contributed by atoms with Gasteiger partial charge in [0.05, 0.1) is 5.69 Å². The van der Waals surface area contributed by atoms with E-state index in [1.165, 1.54) is 6.92 Å². The zero-order chi connectivity index (χ0) is 10.1. The molecule has 2 rings (SSSR count). The molecule has 0 atom stereocenters. The van der Waals surface area contributed by atoms with E-state index in [2.05, 4.69) is 5.16 Å². The predicted octanol–water partition coefficient (Wildman–Crippen LogP) is 0.433. The first-order valence-electron chi connectivity index (χ1n) is 4.38. The predicted molar refractivity (Wildman–Crippen MR) is 46.9 cm³/mol. The molecule has 1 aliphatic rings. The summed E-state index contributed by atoms with van der Waals surface area (Å²) in [4.78, 5) is 22.9. The molecule has 1 amide bonds. The van der Waals surface area contributed by atoms with E-state index in [9.17, 15) is 9.59 Å². The Labute approximate surface area is 80.7 Å². The molecule has 0 saturated carbocycles. The summed E-state index contributed by atoms with van der Waals surface area (Å²) in [5.41, 5.74) is 0.754. The molecule has 1 aliphatic heterocycles. The molecule has 5 heteroatoms. The number of hydrogen-bond acceptors (Lipinski definition) is 4. The topological polar surface area (TPSA) is 63.4 Å². The second-order valence-electron chi connectivity index (χ2n) is 3.39. The molecule has 1 fully saturated rings. The van der Waals surface area contributed by atoms with Crippen molar-refractivity contribution in [1.82, 2.24) is 10.1 Å². The minimum atomic E-state index is 0.0698. The molecule has 1 aromatic rings. The maximum absolute atomic E-state index is 10.9. The summed E-state index contributed by atoms with van der Waals surface area (Å²) in [5.74, 6) is 0.526. The Kier molecular flexibility index (Phi) is 2.07. The van der Waals surface area contributed by atoms with Gasteiger partial charge in [-0.25, -0.2) is 0 Å². The molecule has 14 heavy (non-hydrogen) atoms. The van der Waals surface area contributed by atoms with E-state index in [-0.39, 0.29) is 17.6 Å². The van der Waals surface area contributed by atoms with Gasteiger partial charge in [0.15, 0.2) is 12.0 Å². The average Bonchev–Trinajstić information content (AvgIpc) is 2.49. The van der Waals surface area contributed by atoms with Crippen LogP contribution in [0.4, 0.5) is 0 Å². The minimum Gasteiger partial charge on any atom is -0.353 e. The molecule has 0 unspecified atom stereocenters. The van der Waals surface area contributed by atoms with Crippen molar-refractivity contribution < 1.29 is 14.1 Å². The van der Waals surface area contributed by atoms with Crippen LogP contribution in [-0.2, 0) is 4.79 Å². The van der Waals surface area contributed by atoms with Crippen molar-refractivity contribution in [2.45, 2.75) is 12.8 Å². The summed E-state index contributed by atoms with van der Waals surface area (Å²) in [7, 11) is 0. The maximum atomic E-state index is 10.9. The lowest BCUT2D eigenvalue weighted by Gasteiger charge is -2.37. The minimum absolute atomic E-state index is 0.0698. The molecule has 0 aliphatic carbocycles. The number of carbonyl (C=O) groups excluding carboxylic acids is 2. The van der Waals surface area contributed by atoms with Gasteiger partial charge in [0.2, 0.25) is 5.91 Å². The van der Waals surface area contributed by atoms with Crippen LogP contribution in [0.15, 0.2) is 10.6 Å². The number of aromatic nitrogens is 1. The number of likely N-dealkylation sites (tertiary alicyclic amines) is 1. The van der Waals surface area contributed by atoms with E-state index in [1.54, 1.807) is 11.0 Å². The standard InChI is InChI=1S/C9H10N2O3/c1-6(13)11-3-7(4-11)9-2-8(5-12)14-10-9/h2,5,7H,3-4H2,1H3. The van der Waals surface area contributed by atoms with E-state index >= 15 is 0 Å². The summed E-state index contributed by atoms with van der Waals surface area (Å²) < 4.78 is 4.74. The first-order valence-corrected chi connectivity index (χ1v) is 4.38. The van der Waals surface area contributed by atoms with Gasteiger partial charge in [-0.1, -0.05) is 5.16 Å². The number of nitrogens with zero attached hydrogens (tertiary/aromatic N) is 2. The molecule has 0 bridgehead atoms. The SMILES string of the molecule is CC(=O)N1CC(c2cc(C=O)on2)C1. The summed E-state index contributed by atoms with van der Waals surface area (Å²) in [6.45, 7) is 2.87. The summed E-state index contributed by atoms with van der Waals surface area (Å²) in [6, 6.07) is 1.62. The Morgan fingerprint density at radius 2 is 2.43 bits per heavy atom. The lowest BCUT2D eigenvalue weighted by Crippen LogP contribution is -2.47. The summed E-state index contributed by atoms with van der Waals surface area (Å²) in [6.07, 6.45) is 0.623. The van der Waals surface area contributed by atoms with Crippen molar-refractivity contribution in [3.05, 3.63) is 17.5 Å². The van der Waals surface area contributed by atoms with E-state index in [0.29, 0.717) is 19.4 Å². The highest BCUT2D eigenvalue weighted by Crippen LogP contribution is 2.26. The van der Waals surface area contributed by atoms with Crippen LogP contribution in [0, 0.1) is 0 Å². The lowest BCUT2D eigenvalue weighted by atomic mass is 9.96. The van der Waals surface area contributed by atoms with Gasteiger partial charge in [-0.05, 0) is 0 Å². The molecule has 0 N–H and O–H groups in total. The molecule has 5 nitrogen and oxygen atoms in total. The van der Waals surface area contributed by atoms with Crippen LogP contribution in [0.1, 0.15) is 29.1 Å². The van der Waals surface area contributed by atoms with Gasteiger partial charge < -0.3 is 9.42 Å². The number of rotatable bonds is 2. The van der Waals surface area contributed by atoms with Crippen LogP contribution in [-0.4, -0.2) is 35.3 Å². The van der Waals surface area contributed by atoms with Crippen molar-refractivity contribution in [3.8, 4) is 0 Å². The van der Waals surface area contributed by atoms with E-state index < -0.39 is 0 Å². The highest BCUT2D eigenvalue weighted by molar-refractivity contribution is 5.74. The highest BCUT2D eigenvalue weighted by Gasteiger charge is 2.31. The molecule has 1 saturated heterocycles. The van der Waals surface area contributed by atoms with Crippen molar-refractivity contribution in [3.63, 3.8) is 0 Å². The van der Waals surface area contributed by atoms with Crippen LogP contribution >= 0.6 is 0 Å². The quantitative estimate of drug-likeness (QED) is 0.640. The molecule has 2 heterocycles. The largest absolute Gasteiger partial charge is 0.353 e. The second-order valence-corrected chi connectivity index (χ2v) is 3.39. The third-order valence-electron chi connectivity index (χ3n) is 2.41. The molecule has 0 aromatic carbocycles. The molecule has 74 valence electrons. The van der Waals surface area contributed by atoms with Crippen molar-refractivity contribution in [2.24, 2.45) is 0 Å². The van der Waals surface area contributed by atoms with Crippen LogP contribution in [0.3, 0.4) is 0 Å².